The van der Waals surface area contributed by atoms with Gasteiger partial charge in [0.05, 0.1) is 12.9 Å². The van der Waals surface area contributed by atoms with Crippen LogP contribution >= 0.6 is 0 Å². The molecule has 3 N–H and O–H groups in total. The normalized spacial score (nSPS) is 19.2. The molecule has 4 nitrogen and oxygen atoms in total. The van der Waals surface area contributed by atoms with E-state index in [4.69, 9.17) is 4.74 Å². The number of ether oxygens (including phenoxy) is 1. The molecule has 17 heavy (non-hydrogen) atoms. The van der Waals surface area contributed by atoms with Crippen LogP contribution < -0.4 is 4.74 Å². The maximum atomic E-state index is 11.3. The monoisotopic (exact) mass is 236 g/mol. The Balaban J connectivity index is 0.00000144. The third kappa shape index (κ3) is 3.07. The first-order valence-corrected chi connectivity index (χ1v) is 5.25. The first-order valence-electron chi connectivity index (χ1n) is 5.25. The summed E-state index contributed by atoms with van der Waals surface area (Å²) in [4.78, 5) is 11.3. The van der Waals surface area contributed by atoms with Gasteiger partial charge in [0.15, 0.2) is 5.78 Å². The molecule has 0 spiro atoms. The Labute approximate surface area is 99.8 Å². The van der Waals surface area contributed by atoms with E-state index in [0.717, 1.165) is 11.3 Å². The molecule has 0 bridgehead atoms. The van der Waals surface area contributed by atoms with E-state index in [2.05, 4.69) is 0 Å². The van der Waals surface area contributed by atoms with Crippen molar-refractivity contribution in [3.63, 3.8) is 0 Å². The van der Waals surface area contributed by atoms with Crippen LogP contribution in [0.3, 0.4) is 0 Å². The minimum Gasteiger partial charge on any atom is -0.512 e. The molecule has 0 amide bonds. The number of carbonyl (C=O) groups is 1. The molecule has 4 heteroatoms. The second-order valence-electron chi connectivity index (χ2n) is 3.98. The summed E-state index contributed by atoms with van der Waals surface area (Å²) in [6.07, 6.45) is 2.30. The van der Waals surface area contributed by atoms with Crippen LogP contribution in [0.15, 0.2) is 36.1 Å². The number of benzene rings is 1. The summed E-state index contributed by atoms with van der Waals surface area (Å²) in [6, 6.07) is 7.63. The molecule has 2 rings (SSSR count). The van der Waals surface area contributed by atoms with Crippen LogP contribution in [0.4, 0.5) is 0 Å². The second-order valence-corrected chi connectivity index (χ2v) is 3.98. The van der Waals surface area contributed by atoms with Gasteiger partial charge in [-0.1, -0.05) is 12.1 Å². The zero-order valence-electron chi connectivity index (χ0n) is 9.64. The number of hydrogen-bond acceptors (Lipinski definition) is 3. The molecular formula is C13H16O4. The number of carbonyl (C=O) groups excluding carboxylic acids is 1. The van der Waals surface area contributed by atoms with Crippen LogP contribution in [0.25, 0.3) is 0 Å². The van der Waals surface area contributed by atoms with Crippen molar-refractivity contribution in [2.75, 3.05) is 7.11 Å². The average Bonchev–Trinajstić information content (AvgIpc) is 2.28. The fraction of sp³-hybridized carbons (Fsp3) is 0.308. The van der Waals surface area contributed by atoms with Crippen LogP contribution in [0, 0.1) is 0 Å². The number of allylic oxidation sites excluding steroid dienone is 2. The summed E-state index contributed by atoms with van der Waals surface area (Å²) in [7, 11) is 1.61. The molecule has 0 saturated carbocycles. The Hall–Kier alpha value is -1.81. The molecule has 0 saturated heterocycles. The molecule has 0 heterocycles. The summed E-state index contributed by atoms with van der Waals surface area (Å²) in [6.45, 7) is 0. The molecule has 0 aliphatic heterocycles. The summed E-state index contributed by atoms with van der Waals surface area (Å²) in [5, 5.41) is 9.45. The van der Waals surface area contributed by atoms with E-state index in [1.54, 1.807) is 7.11 Å². The van der Waals surface area contributed by atoms with Gasteiger partial charge in [-0.05, 0) is 23.6 Å². The van der Waals surface area contributed by atoms with E-state index in [1.165, 1.54) is 6.08 Å². The highest BCUT2D eigenvalue weighted by Crippen LogP contribution is 2.31. The molecule has 1 aliphatic carbocycles. The van der Waals surface area contributed by atoms with E-state index < -0.39 is 0 Å². The van der Waals surface area contributed by atoms with Crippen molar-refractivity contribution in [3.05, 3.63) is 41.7 Å². The Morgan fingerprint density at radius 3 is 2.76 bits per heavy atom. The average molecular weight is 236 g/mol. The first-order chi connectivity index (χ1) is 7.69. The van der Waals surface area contributed by atoms with E-state index in [0.29, 0.717) is 12.8 Å². The van der Waals surface area contributed by atoms with Crippen LogP contribution in [0.5, 0.6) is 5.75 Å². The fourth-order valence-corrected chi connectivity index (χ4v) is 2.00. The van der Waals surface area contributed by atoms with Gasteiger partial charge in [-0.2, -0.15) is 0 Å². The number of ketones is 1. The predicted octanol–water partition coefficient (Wildman–Crippen LogP) is 1.76. The molecule has 1 unspecified atom stereocenters. The van der Waals surface area contributed by atoms with E-state index in [-0.39, 0.29) is 22.9 Å². The summed E-state index contributed by atoms with van der Waals surface area (Å²) >= 11 is 0. The van der Waals surface area contributed by atoms with E-state index >= 15 is 0 Å². The highest BCUT2D eigenvalue weighted by Gasteiger charge is 2.22. The number of hydrogen-bond donors (Lipinski definition) is 1. The Morgan fingerprint density at radius 2 is 2.12 bits per heavy atom. The zero-order valence-corrected chi connectivity index (χ0v) is 9.64. The first kappa shape index (κ1) is 13.3. The minimum atomic E-state index is -0.0171. The van der Waals surface area contributed by atoms with Gasteiger partial charge in [0.25, 0.3) is 0 Å². The molecule has 1 atom stereocenters. The molecule has 1 aromatic rings. The lowest BCUT2D eigenvalue weighted by Gasteiger charge is -2.19. The van der Waals surface area contributed by atoms with Crippen molar-refractivity contribution in [1.82, 2.24) is 0 Å². The van der Waals surface area contributed by atoms with Gasteiger partial charge >= 0.3 is 0 Å². The van der Waals surface area contributed by atoms with Crippen LogP contribution in [-0.4, -0.2) is 23.5 Å². The van der Waals surface area contributed by atoms with Crippen molar-refractivity contribution < 1.29 is 20.1 Å². The minimum absolute atomic E-state index is 0. The van der Waals surface area contributed by atoms with Gasteiger partial charge in [-0.25, -0.2) is 0 Å². The lowest BCUT2D eigenvalue weighted by atomic mass is 9.86. The van der Waals surface area contributed by atoms with Crippen molar-refractivity contribution >= 4 is 5.78 Å². The third-order valence-electron chi connectivity index (χ3n) is 2.80. The fourth-order valence-electron chi connectivity index (χ4n) is 2.00. The zero-order chi connectivity index (χ0) is 11.5. The van der Waals surface area contributed by atoms with Crippen molar-refractivity contribution in [2.45, 2.75) is 18.8 Å². The molecule has 1 aromatic carbocycles. The number of aliphatic hydroxyl groups is 1. The topological polar surface area (TPSA) is 78.0 Å². The van der Waals surface area contributed by atoms with Gasteiger partial charge in [-0.3, -0.25) is 4.79 Å². The highest BCUT2D eigenvalue weighted by atomic mass is 16.5. The molecule has 0 radical (unpaired) electrons. The number of rotatable bonds is 2. The molecule has 1 aliphatic rings. The predicted molar refractivity (Wildman–Crippen MR) is 64.3 cm³/mol. The van der Waals surface area contributed by atoms with Gasteiger partial charge in [-0.15, -0.1) is 0 Å². The molecular weight excluding hydrogens is 220 g/mol. The molecule has 0 aromatic heterocycles. The standard InChI is InChI=1S/C13H14O3.H2O/c1-16-13-4-2-3-9(7-13)10-5-11(14)8-12(15)6-10;/h2-4,7-8,10,14H,5-6H2,1H3;1H2. The SMILES string of the molecule is COc1cccc(C2CC(=O)C=C(O)C2)c1.O. The third-order valence-corrected chi connectivity index (χ3v) is 2.80. The van der Waals surface area contributed by atoms with E-state index in [9.17, 15) is 9.90 Å². The number of aliphatic hydroxyl groups excluding tert-OH is 1. The smallest absolute Gasteiger partial charge is 0.159 e. The van der Waals surface area contributed by atoms with Gasteiger partial charge in [0.2, 0.25) is 0 Å². The largest absolute Gasteiger partial charge is 0.512 e. The van der Waals surface area contributed by atoms with Crippen molar-refractivity contribution in [1.29, 1.82) is 0 Å². The lowest BCUT2D eigenvalue weighted by molar-refractivity contribution is -0.115. The molecule has 92 valence electrons. The molecule has 0 fully saturated rings. The Bertz CT molecular complexity index is 437. The maximum Gasteiger partial charge on any atom is 0.159 e. The highest BCUT2D eigenvalue weighted by molar-refractivity contribution is 5.91. The Morgan fingerprint density at radius 1 is 1.35 bits per heavy atom. The second kappa shape index (κ2) is 5.50. The summed E-state index contributed by atoms with van der Waals surface area (Å²) in [5.74, 6) is 0.993. The lowest BCUT2D eigenvalue weighted by Crippen LogP contribution is -2.12. The van der Waals surface area contributed by atoms with Crippen LogP contribution in [-0.2, 0) is 4.79 Å². The summed E-state index contributed by atoms with van der Waals surface area (Å²) in [5.41, 5.74) is 1.03. The van der Waals surface area contributed by atoms with Gasteiger partial charge < -0.3 is 15.3 Å². The number of methoxy groups -OCH3 is 1. The van der Waals surface area contributed by atoms with Crippen LogP contribution in [0.1, 0.15) is 24.3 Å². The van der Waals surface area contributed by atoms with Gasteiger partial charge in [0, 0.05) is 18.9 Å². The van der Waals surface area contributed by atoms with Crippen LogP contribution in [0.2, 0.25) is 0 Å². The maximum absolute atomic E-state index is 11.3. The Kier molecular flexibility index (Phi) is 4.29. The van der Waals surface area contributed by atoms with Crippen molar-refractivity contribution in [2.24, 2.45) is 0 Å². The van der Waals surface area contributed by atoms with Crippen molar-refractivity contribution in [3.8, 4) is 5.75 Å². The quantitative estimate of drug-likeness (QED) is 0.849. The summed E-state index contributed by atoms with van der Waals surface area (Å²) < 4.78 is 5.14. The van der Waals surface area contributed by atoms with E-state index in [1.807, 2.05) is 24.3 Å². The van der Waals surface area contributed by atoms with Gasteiger partial charge in [0.1, 0.15) is 5.75 Å².